The second kappa shape index (κ2) is 8.47. The number of pyridine rings is 1. The number of fused-ring (bicyclic) bond motifs is 1. The second-order valence-corrected chi connectivity index (χ2v) is 11.1. The summed E-state index contributed by atoms with van der Waals surface area (Å²) in [7, 11) is -3.54. The van der Waals surface area contributed by atoms with Crippen LogP contribution >= 0.6 is 11.6 Å². The molecule has 8 nitrogen and oxygen atoms in total. The molecule has 2 N–H and O–H groups in total. The van der Waals surface area contributed by atoms with Gasteiger partial charge in [0.1, 0.15) is 5.82 Å². The van der Waals surface area contributed by atoms with Gasteiger partial charge in [0.15, 0.2) is 0 Å². The Labute approximate surface area is 186 Å². The lowest BCUT2D eigenvalue weighted by atomic mass is 9.97. The van der Waals surface area contributed by atoms with E-state index in [1.165, 1.54) is 10.5 Å². The lowest BCUT2D eigenvalue weighted by Gasteiger charge is -2.29. The molecule has 0 radical (unpaired) electrons. The van der Waals surface area contributed by atoms with E-state index in [0.29, 0.717) is 16.1 Å². The van der Waals surface area contributed by atoms with Crippen molar-refractivity contribution in [3.63, 3.8) is 0 Å². The highest BCUT2D eigenvalue weighted by Crippen LogP contribution is 2.25. The van der Waals surface area contributed by atoms with Crippen molar-refractivity contribution >= 4 is 44.3 Å². The second-order valence-electron chi connectivity index (χ2n) is 8.72. The molecule has 0 saturated carbocycles. The molecule has 0 aliphatic carbocycles. The van der Waals surface area contributed by atoms with Crippen LogP contribution in [0.15, 0.2) is 41.3 Å². The normalized spacial score (nSPS) is 13.2. The Morgan fingerprint density at radius 2 is 1.94 bits per heavy atom. The monoisotopic (exact) mass is 463 g/mol. The molecule has 166 valence electrons. The quantitative estimate of drug-likeness (QED) is 0.572. The summed E-state index contributed by atoms with van der Waals surface area (Å²) in [6.07, 6.45) is 2.64. The molecule has 31 heavy (non-hydrogen) atoms. The molecule has 0 saturated heterocycles. The van der Waals surface area contributed by atoms with Gasteiger partial charge in [-0.25, -0.2) is 13.4 Å². The summed E-state index contributed by atoms with van der Waals surface area (Å²) in [5, 5.41) is 4.47. The molecule has 0 fully saturated rings. The SMILES string of the molecule is CC(Nc1nccc(N(CC(C)(C)C)S(C)(=O)=O)n1)c1cc2cc(Cl)ccc2[nH]c1=O. The van der Waals surface area contributed by atoms with Crippen LogP contribution in [0.1, 0.15) is 39.3 Å². The molecule has 0 spiro atoms. The molecular weight excluding hydrogens is 438 g/mol. The molecule has 2 heterocycles. The van der Waals surface area contributed by atoms with Crippen molar-refractivity contribution in [3.05, 3.63) is 57.5 Å². The third kappa shape index (κ3) is 5.74. The minimum atomic E-state index is -3.54. The van der Waals surface area contributed by atoms with Gasteiger partial charge in [-0.1, -0.05) is 32.4 Å². The largest absolute Gasteiger partial charge is 0.347 e. The molecule has 1 atom stereocenters. The molecule has 0 amide bonds. The summed E-state index contributed by atoms with van der Waals surface area (Å²) < 4.78 is 26.0. The van der Waals surface area contributed by atoms with Gasteiger partial charge in [0.05, 0.1) is 12.3 Å². The molecule has 1 aromatic carbocycles. The first-order valence-electron chi connectivity index (χ1n) is 9.73. The fraction of sp³-hybridized carbons (Fsp3) is 0.381. The molecule has 0 bridgehead atoms. The number of hydrogen-bond donors (Lipinski definition) is 2. The topological polar surface area (TPSA) is 108 Å². The first-order valence-corrected chi connectivity index (χ1v) is 12.0. The van der Waals surface area contributed by atoms with Crippen LogP contribution in [0, 0.1) is 5.41 Å². The van der Waals surface area contributed by atoms with Crippen LogP contribution in [0.2, 0.25) is 5.02 Å². The number of aromatic amines is 1. The Bertz CT molecular complexity index is 1270. The maximum atomic E-state index is 12.6. The van der Waals surface area contributed by atoms with Crippen LogP contribution in [-0.4, -0.2) is 36.2 Å². The van der Waals surface area contributed by atoms with Crippen molar-refractivity contribution in [2.75, 3.05) is 22.4 Å². The van der Waals surface area contributed by atoms with E-state index in [9.17, 15) is 13.2 Å². The number of halogens is 1. The van der Waals surface area contributed by atoms with Gasteiger partial charge >= 0.3 is 0 Å². The minimum Gasteiger partial charge on any atom is -0.347 e. The van der Waals surface area contributed by atoms with Crippen molar-refractivity contribution < 1.29 is 8.42 Å². The number of nitrogens with zero attached hydrogens (tertiary/aromatic N) is 3. The molecule has 3 rings (SSSR count). The average molecular weight is 464 g/mol. The summed E-state index contributed by atoms with van der Waals surface area (Å²) in [5.41, 5.74) is 0.665. The van der Waals surface area contributed by atoms with Gasteiger partial charge in [-0.3, -0.25) is 9.10 Å². The summed E-state index contributed by atoms with van der Waals surface area (Å²) in [4.78, 5) is 24.0. The van der Waals surface area contributed by atoms with Crippen molar-refractivity contribution in [1.82, 2.24) is 15.0 Å². The summed E-state index contributed by atoms with van der Waals surface area (Å²) >= 11 is 6.07. The van der Waals surface area contributed by atoms with Crippen molar-refractivity contribution in [1.29, 1.82) is 0 Å². The Morgan fingerprint density at radius 1 is 1.23 bits per heavy atom. The third-order valence-electron chi connectivity index (χ3n) is 4.56. The zero-order valence-corrected chi connectivity index (χ0v) is 19.7. The van der Waals surface area contributed by atoms with E-state index >= 15 is 0 Å². The van der Waals surface area contributed by atoms with E-state index in [2.05, 4.69) is 20.3 Å². The zero-order valence-electron chi connectivity index (χ0n) is 18.1. The Balaban J connectivity index is 1.92. The Morgan fingerprint density at radius 3 is 2.58 bits per heavy atom. The number of benzene rings is 1. The standard InChI is InChI=1S/C21H26ClN5O3S/c1-13(16-11-14-10-15(22)6-7-17(14)25-19(16)28)24-20-23-9-8-18(26-20)27(31(5,29)30)12-21(2,3)4/h6-11,13H,12H2,1-5H3,(H,25,28)(H,23,24,26). The first-order chi connectivity index (χ1) is 14.3. The van der Waals surface area contributed by atoms with E-state index < -0.39 is 16.1 Å². The van der Waals surface area contributed by atoms with Crippen LogP contribution in [0.5, 0.6) is 0 Å². The van der Waals surface area contributed by atoms with Crippen molar-refractivity contribution in [2.45, 2.75) is 33.7 Å². The van der Waals surface area contributed by atoms with E-state index in [4.69, 9.17) is 11.6 Å². The number of anilines is 2. The molecule has 10 heteroatoms. The highest BCUT2D eigenvalue weighted by molar-refractivity contribution is 7.92. The van der Waals surface area contributed by atoms with E-state index in [-0.39, 0.29) is 29.3 Å². The lowest BCUT2D eigenvalue weighted by molar-refractivity contribution is 0.425. The highest BCUT2D eigenvalue weighted by atomic mass is 35.5. The predicted molar refractivity (Wildman–Crippen MR) is 125 cm³/mol. The first kappa shape index (κ1) is 23.0. The Kier molecular flexibility index (Phi) is 6.29. The molecule has 3 aromatic rings. The number of H-pyrrole nitrogens is 1. The van der Waals surface area contributed by atoms with Gasteiger partial charge in [-0.05, 0) is 36.6 Å². The van der Waals surface area contributed by atoms with E-state index in [1.54, 1.807) is 37.3 Å². The van der Waals surface area contributed by atoms with Crippen molar-refractivity contribution in [2.24, 2.45) is 5.41 Å². The lowest BCUT2D eigenvalue weighted by Crippen LogP contribution is -2.37. The molecule has 0 aliphatic heterocycles. The maximum absolute atomic E-state index is 12.6. The van der Waals surface area contributed by atoms with Gasteiger partial charge in [-0.15, -0.1) is 0 Å². The van der Waals surface area contributed by atoms with Crippen LogP contribution < -0.4 is 15.2 Å². The highest BCUT2D eigenvalue weighted by Gasteiger charge is 2.25. The van der Waals surface area contributed by atoms with Gasteiger partial charge in [0.25, 0.3) is 5.56 Å². The number of aromatic nitrogens is 3. The van der Waals surface area contributed by atoms with Crippen LogP contribution in [-0.2, 0) is 10.0 Å². The Hall–Kier alpha value is -2.65. The average Bonchev–Trinajstić information content (AvgIpc) is 2.64. The number of sulfonamides is 1. The van der Waals surface area contributed by atoms with Gasteiger partial charge in [0.2, 0.25) is 16.0 Å². The van der Waals surface area contributed by atoms with Gasteiger partial charge < -0.3 is 10.3 Å². The van der Waals surface area contributed by atoms with E-state index in [1.807, 2.05) is 20.8 Å². The fourth-order valence-electron chi connectivity index (χ4n) is 3.14. The van der Waals surface area contributed by atoms with Crippen LogP contribution in [0.3, 0.4) is 0 Å². The molecule has 0 aliphatic rings. The van der Waals surface area contributed by atoms with E-state index in [0.717, 1.165) is 11.6 Å². The zero-order chi connectivity index (χ0) is 23.0. The third-order valence-corrected chi connectivity index (χ3v) is 5.91. The van der Waals surface area contributed by atoms with Crippen LogP contribution in [0.25, 0.3) is 10.9 Å². The summed E-state index contributed by atoms with van der Waals surface area (Å²) in [5.74, 6) is 0.486. The minimum absolute atomic E-state index is 0.221. The number of rotatable bonds is 6. The predicted octanol–water partition coefficient (Wildman–Crippen LogP) is 3.96. The summed E-state index contributed by atoms with van der Waals surface area (Å²) in [6, 6.07) is 8.12. The van der Waals surface area contributed by atoms with Gasteiger partial charge in [-0.2, -0.15) is 4.98 Å². The smallest absolute Gasteiger partial charge is 0.253 e. The summed E-state index contributed by atoms with van der Waals surface area (Å²) in [6.45, 7) is 7.92. The van der Waals surface area contributed by atoms with Crippen LogP contribution in [0.4, 0.5) is 11.8 Å². The molecule has 2 aromatic heterocycles. The number of hydrogen-bond acceptors (Lipinski definition) is 6. The maximum Gasteiger partial charge on any atom is 0.253 e. The fourth-order valence-corrected chi connectivity index (χ4v) is 4.39. The van der Waals surface area contributed by atoms with Crippen molar-refractivity contribution in [3.8, 4) is 0 Å². The van der Waals surface area contributed by atoms with Gasteiger partial charge in [0, 0.05) is 40.3 Å². The molecule has 1 unspecified atom stereocenters. The number of nitrogens with one attached hydrogen (secondary N) is 2. The molecular formula is C21H26ClN5O3S.